The highest BCUT2D eigenvalue weighted by Gasteiger charge is 2.11. The van der Waals surface area contributed by atoms with Gasteiger partial charge in [0.2, 0.25) is 0 Å². The molecule has 2 aromatic heterocycles. The van der Waals surface area contributed by atoms with E-state index in [1.165, 1.54) is 18.4 Å². The third-order valence-electron chi connectivity index (χ3n) is 6.77. The Bertz CT molecular complexity index is 1790. The molecule has 0 amide bonds. The third-order valence-corrected chi connectivity index (χ3v) is 8.01. The summed E-state index contributed by atoms with van der Waals surface area (Å²) in [7, 11) is -3.01. The second kappa shape index (κ2) is 13.5. The van der Waals surface area contributed by atoms with E-state index in [0.29, 0.717) is 23.9 Å². The van der Waals surface area contributed by atoms with Crippen molar-refractivity contribution in [3.05, 3.63) is 113 Å². The highest BCUT2D eigenvalue weighted by atomic mass is 35.5. The maximum atomic E-state index is 13.4. The van der Waals surface area contributed by atoms with Gasteiger partial charge in [0, 0.05) is 23.8 Å². The molecule has 0 spiro atoms. The smallest absolute Gasteiger partial charge is 0.148 e. The minimum absolute atomic E-state index is 0.0821. The Labute approximate surface area is 249 Å². The molecule has 5 aromatic rings. The molecule has 0 unspecified atom stereocenters. The van der Waals surface area contributed by atoms with Crippen LogP contribution >= 0.6 is 11.6 Å². The Hall–Kier alpha value is -3.79. The molecule has 0 aliphatic rings. The molecule has 0 aliphatic carbocycles. The van der Waals surface area contributed by atoms with E-state index in [0.717, 1.165) is 64.1 Å². The molecule has 10 heteroatoms. The highest BCUT2D eigenvalue weighted by Crippen LogP contribution is 2.29. The first kappa shape index (κ1) is 29.7. The van der Waals surface area contributed by atoms with Crippen LogP contribution in [0.25, 0.3) is 22.2 Å². The van der Waals surface area contributed by atoms with Gasteiger partial charge in [-0.1, -0.05) is 29.8 Å². The number of furan rings is 1. The summed E-state index contributed by atoms with van der Waals surface area (Å²) >= 11 is 6.48. The van der Waals surface area contributed by atoms with Crippen molar-refractivity contribution < 1.29 is 22.0 Å². The molecular weight excluding hydrogens is 577 g/mol. The normalized spacial score (nSPS) is 11.7. The summed E-state index contributed by atoms with van der Waals surface area (Å²) in [6.45, 7) is 1.05. The maximum Gasteiger partial charge on any atom is 0.148 e. The predicted octanol–water partition coefficient (Wildman–Crippen LogP) is 6.57. The van der Waals surface area contributed by atoms with Gasteiger partial charge in [0.15, 0.2) is 0 Å². The number of ether oxygens (including phenoxy) is 1. The average Bonchev–Trinajstić information content (AvgIpc) is 3.43. The summed E-state index contributed by atoms with van der Waals surface area (Å²) < 4.78 is 47.8. The van der Waals surface area contributed by atoms with Crippen LogP contribution in [0.15, 0.2) is 83.5 Å². The Morgan fingerprint density at radius 1 is 0.976 bits per heavy atom. The first-order valence-electron chi connectivity index (χ1n) is 13.6. The van der Waals surface area contributed by atoms with Crippen molar-refractivity contribution >= 4 is 32.3 Å². The zero-order chi connectivity index (χ0) is 29.5. The zero-order valence-corrected chi connectivity index (χ0v) is 24.7. The van der Waals surface area contributed by atoms with Gasteiger partial charge in [-0.15, -0.1) is 0 Å². The van der Waals surface area contributed by atoms with Crippen LogP contribution in [-0.2, 0) is 35.8 Å². The van der Waals surface area contributed by atoms with Crippen molar-refractivity contribution in [2.45, 2.75) is 32.4 Å². The first-order valence-corrected chi connectivity index (χ1v) is 16.0. The van der Waals surface area contributed by atoms with Crippen LogP contribution in [0.5, 0.6) is 5.75 Å². The molecule has 0 saturated carbocycles. The van der Waals surface area contributed by atoms with E-state index in [1.807, 2.05) is 54.6 Å². The number of halogens is 2. The minimum atomic E-state index is -3.01. The molecule has 0 bridgehead atoms. The molecule has 1 N–H and O–H groups in total. The second-order valence-corrected chi connectivity index (χ2v) is 12.8. The van der Waals surface area contributed by atoms with Crippen LogP contribution in [0.1, 0.15) is 29.0 Å². The molecular formula is C32H31ClFN3O4S. The first-order chi connectivity index (χ1) is 20.2. The fourth-order valence-corrected chi connectivity index (χ4v) is 5.40. The minimum Gasteiger partial charge on any atom is -0.487 e. The molecule has 0 aliphatic heterocycles. The summed E-state index contributed by atoms with van der Waals surface area (Å²) in [6.07, 6.45) is 5.24. The van der Waals surface area contributed by atoms with Crippen molar-refractivity contribution in [3.8, 4) is 17.1 Å². The molecule has 5 rings (SSSR count). The summed E-state index contributed by atoms with van der Waals surface area (Å²) in [5, 5.41) is 4.59. The predicted molar refractivity (Wildman–Crippen MR) is 163 cm³/mol. The summed E-state index contributed by atoms with van der Waals surface area (Å²) in [6, 6.07) is 21.8. The van der Waals surface area contributed by atoms with Gasteiger partial charge in [-0.2, -0.15) is 0 Å². The standard InChI is InChI=1S/C32H31ClFN3O4S/c1-42(38,39)15-14-35-19-26-10-13-31(41-26)24-9-11-30-27(18-24)29(36-21-37-30)7-3-4-22-8-12-32(28(33)17-22)40-20-23-5-2-6-25(34)16-23/h2,5-6,8-13,16-18,21,35H,3-4,7,14-15,19-20H2,1H3. The van der Waals surface area contributed by atoms with Crippen LogP contribution in [0.4, 0.5) is 4.39 Å². The molecule has 2 heterocycles. The Kier molecular flexibility index (Phi) is 9.51. The summed E-state index contributed by atoms with van der Waals surface area (Å²) in [5.41, 5.74) is 4.56. The second-order valence-electron chi connectivity index (χ2n) is 10.2. The van der Waals surface area contributed by atoms with E-state index in [1.54, 1.807) is 12.4 Å². The van der Waals surface area contributed by atoms with Gasteiger partial charge in [-0.3, -0.25) is 0 Å². The zero-order valence-electron chi connectivity index (χ0n) is 23.1. The lowest BCUT2D eigenvalue weighted by Crippen LogP contribution is -2.21. The number of sulfone groups is 1. The number of fused-ring (bicyclic) bond motifs is 1. The van der Waals surface area contributed by atoms with Gasteiger partial charge in [0.05, 0.1) is 28.5 Å². The maximum absolute atomic E-state index is 13.4. The summed E-state index contributed by atoms with van der Waals surface area (Å²) in [5.74, 6) is 1.80. The number of nitrogens with zero attached hydrogens (tertiary/aromatic N) is 2. The highest BCUT2D eigenvalue weighted by molar-refractivity contribution is 7.90. The number of rotatable bonds is 13. The summed E-state index contributed by atoms with van der Waals surface area (Å²) in [4.78, 5) is 9.00. The largest absolute Gasteiger partial charge is 0.487 e. The van der Waals surface area contributed by atoms with Crippen molar-refractivity contribution in [1.29, 1.82) is 0 Å². The van der Waals surface area contributed by atoms with Crippen molar-refractivity contribution in [2.75, 3.05) is 18.6 Å². The number of benzene rings is 3. The monoisotopic (exact) mass is 607 g/mol. The lowest BCUT2D eigenvalue weighted by molar-refractivity contribution is 0.305. The number of hydrogen-bond acceptors (Lipinski definition) is 7. The fraction of sp³-hybridized carbons (Fsp3) is 0.250. The third kappa shape index (κ3) is 8.15. The van der Waals surface area contributed by atoms with Crippen LogP contribution in [0, 0.1) is 5.82 Å². The quantitative estimate of drug-likeness (QED) is 0.151. The fourth-order valence-electron chi connectivity index (χ4n) is 4.62. The molecule has 42 heavy (non-hydrogen) atoms. The van der Waals surface area contributed by atoms with Crippen LogP contribution in [0.2, 0.25) is 5.02 Å². The van der Waals surface area contributed by atoms with Crippen molar-refractivity contribution in [1.82, 2.24) is 15.3 Å². The van der Waals surface area contributed by atoms with Crippen molar-refractivity contribution in [2.24, 2.45) is 0 Å². The number of aryl methyl sites for hydroxylation is 2. The lowest BCUT2D eigenvalue weighted by atomic mass is 10.0. The van der Waals surface area contributed by atoms with Gasteiger partial charge in [0.25, 0.3) is 0 Å². The lowest BCUT2D eigenvalue weighted by Gasteiger charge is -2.10. The molecule has 218 valence electrons. The van der Waals surface area contributed by atoms with Gasteiger partial charge in [-0.25, -0.2) is 22.8 Å². The number of aromatic nitrogens is 2. The van der Waals surface area contributed by atoms with Crippen LogP contribution < -0.4 is 10.1 Å². The van der Waals surface area contributed by atoms with Crippen LogP contribution in [-0.4, -0.2) is 36.9 Å². The van der Waals surface area contributed by atoms with Crippen molar-refractivity contribution in [3.63, 3.8) is 0 Å². The van der Waals surface area contributed by atoms with Gasteiger partial charge >= 0.3 is 0 Å². The number of hydrogen-bond donors (Lipinski definition) is 1. The van der Waals surface area contributed by atoms with E-state index in [2.05, 4.69) is 15.3 Å². The van der Waals surface area contributed by atoms with E-state index < -0.39 is 9.84 Å². The molecule has 3 aromatic carbocycles. The SMILES string of the molecule is CS(=O)(=O)CCNCc1ccc(-c2ccc3ncnc(CCCc4ccc(OCc5cccc(F)c5)c(Cl)c4)c3c2)o1. The molecule has 0 saturated heterocycles. The molecule has 0 radical (unpaired) electrons. The Morgan fingerprint density at radius 3 is 2.67 bits per heavy atom. The molecule has 0 fully saturated rings. The van der Waals surface area contributed by atoms with Crippen LogP contribution in [0.3, 0.4) is 0 Å². The molecule has 7 nitrogen and oxygen atoms in total. The van der Waals surface area contributed by atoms with E-state index in [-0.39, 0.29) is 18.2 Å². The van der Waals surface area contributed by atoms with Gasteiger partial charge in [-0.05, 0) is 85.0 Å². The van der Waals surface area contributed by atoms with E-state index in [4.69, 9.17) is 20.8 Å². The van der Waals surface area contributed by atoms with Gasteiger partial charge in [0.1, 0.15) is 45.9 Å². The topological polar surface area (TPSA) is 94.3 Å². The number of nitrogens with one attached hydrogen (secondary N) is 1. The Morgan fingerprint density at radius 2 is 1.86 bits per heavy atom. The molecule has 0 atom stereocenters. The van der Waals surface area contributed by atoms with E-state index in [9.17, 15) is 12.8 Å². The average molecular weight is 608 g/mol. The van der Waals surface area contributed by atoms with Gasteiger partial charge < -0.3 is 14.5 Å². The Balaban J connectivity index is 1.19. The van der Waals surface area contributed by atoms with E-state index >= 15 is 0 Å².